The maximum absolute atomic E-state index is 12.7. The lowest BCUT2D eigenvalue weighted by Crippen LogP contribution is -2.50. The molecule has 0 aromatic heterocycles. The van der Waals surface area contributed by atoms with E-state index in [1.807, 2.05) is 31.2 Å². The summed E-state index contributed by atoms with van der Waals surface area (Å²) >= 11 is 0. The van der Waals surface area contributed by atoms with Gasteiger partial charge in [0.2, 0.25) is 15.9 Å². The van der Waals surface area contributed by atoms with Crippen molar-refractivity contribution in [3.8, 4) is 11.5 Å². The van der Waals surface area contributed by atoms with Crippen molar-refractivity contribution in [3.63, 3.8) is 0 Å². The van der Waals surface area contributed by atoms with Crippen molar-refractivity contribution in [1.82, 2.24) is 5.32 Å². The highest BCUT2D eigenvalue weighted by Crippen LogP contribution is 2.24. The van der Waals surface area contributed by atoms with Gasteiger partial charge < -0.3 is 14.8 Å². The van der Waals surface area contributed by atoms with Crippen LogP contribution in [0.5, 0.6) is 11.5 Å². The van der Waals surface area contributed by atoms with Gasteiger partial charge in [0, 0.05) is 0 Å². The third kappa shape index (κ3) is 6.39. The molecule has 2 rings (SSSR count). The second-order valence-electron chi connectivity index (χ2n) is 6.97. The van der Waals surface area contributed by atoms with E-state index in [1.165, 1.54) is 7.11 Å². The van der Waals surface area contributed by atoms with E-state index < -0.39 is 22.0 Å². The minimum Gasteiger partial charge on any atom is -0.497 e. The van der Waals surface area contributed by atoms with E-state index in [1.54, 1.807) is 38.1 Å². The van der Waals surface area contributed by atoms with Gasteiger partial charge >= 0.3 is 0 Å². The number of nitrogens with zero attached hydrogens (tertiary/aromatic N) is 1. The number of ether oxygens (including phenoxy) is 2. The lowest BCUT2D eigenvalue weighted by atomic mass is 10.2. The largest absolute Gasteiger partial charge is 0.497 e. The third-order valence-corrected chi connectivity index (χ3v) is 5.57. The molecular weight excluding hydrogens is 392 g/mol. The molecule has 29 heavy (non-hydrogen) atoms. The zero-order valence-electron chi connectivity index (χ0n) is 17.4. The van der Waals surface area contributed by atoms with Gasteiger partial charge in [-0.25, -0.2) is 8.42 Å². The van der Waals surface area contributed by atoms with E-state index in [9.17, 15) is 13.2 Å². The molecule has 8 heteroatoms. The number of sulfonamides is 1. The van der Waals surface area contributed by atoms with Crippen LogP contribution in [0.1, 0.15) is 19.4 Å². The first-order chi connectivity index (χ1) is 13.6. The molecule has 2 aromatic rings. The molecule has 0 bridgehead atoms. The van der Waals surface area contributed by atoms with Crippen molar-refractivity contribution in [2.24, 2.45) is 0 Å². The highest BCUT2D eigenvalue weighted by atomic mass is 32.2. The van der Waals surface area contributed by atoms with Gasteiger partial charge in [0.1, 0.15) is 24.1 Å². The fourth-order valence-corrected chi connectivity index (χ4v) is 3.97. The van der Waals surface area contributed by atoms with Crippen molar-refractivity contribution in [2.45, 2.75) is 32.9 Å². The number of benzene rings is 2. The molecule has 0 spiro atoms. The summed E-state index contributed by atoms with van der Waals surface area (Å²) in [5, 5.41) is 2.81. The summed E-state index contributed by atoms with van der Waals surface area (Å²) in [4.78, 5) is 12.7. The average molecular weight is 421 g/mol. The second kappa shape index (κ2) is 9.65. The van der Waals surface area contributed by atoms with Crippen LogP contribution in [-0.2, 0) is 14.8 Å². The first-order valence-corrected chi connectivity index (χ1v) is 11.1. The molecule has 1 amide bonds. The summed E-state index contributed by atoms with van der Waals surface area (Å²) in [7, 11) is -2.15. The number of amides is 1. The maximum atomic E-state index is 12.7. The van der Waals surface area contributed by atoms with Crippen LogP contribution in [0.3, 0.4) is 0 Å². The first kappa shape index (κ1) is 22.5. The van der Waals surface area contributed by atoms with Crippen LogP contribution in [0.4, 0.5) is 5.69 Å². The molecule has 1 N–H and O–H groups in total. The standard InChI is InChI=1S/C21H28N2O5S/c1-15-6-10-20(11-7-15)28-14-16(2)22-21(24)17(3)23(29(5,25)26)18-8-12-19(27-4)13-9-18/h6-13,16-17H,14H2,1-5H3,(H,22,24)/t16-,17-/m0/s1. The average Bonchev–Trinajstić information content (AvgIpc) is 2.67. The number of nitrogens with one attached hydrogen (secondary N) is 1. The van der Waals surface area contributed by atoms with Crippen LogP contribution < -0.4 is 19.1 Å². The van der Waals surface area contributed by atoms with Crippen LogP contribution in [0, 0.1) is 6.92 Å². The lowest BCUT2D eigenvalue weighted by Gasteiger charge is -2.29. The molecule has 0 fully saturated rings. The molecular formula is C21H28N2O5S. The molecule has 158 valence electrons. The molecule has 0 aliphatic rings. The number of carbonyl (C=O) groups excluding carboxylic acids is 1. The fraction of sp³-hybridized carbons (Fsp3) is 0.381. The molecule has 2 aromatic carbocycles. The highest BCUT2D eigenvalue weighted by molar-refractivity contribution is 7.92. The summed E-state index contributed by atoms with van der Waals surface area (Å²) < 4.78 is 36.6. The van der Waals surface area contributed by atoms with E-state index in [2.05, 4.69) is 5.32 Å². The van der Waals surface area contributed by atoms with Crippen molar-refractivity contribution >= 4 is 21.6 Å². The molecule has 2 atom stereocenters. The fourth-order valence-electron chi connectivity index (χ4n) is 2.80. The SMILES string of the molecule is COc1ccc(N([C@@H](C)C(=O)N[C@@H](C)COc2ccc(C)cc2)S(C)(=O)=O)cc1. The van der Waals surface area contributed by atoms with E-state index in [-0.39, 0.29) is 12.6 Å². The molecule has 0 saturated heterocycles. The summed E-state index contributed by atoms with van der Waals surface area (Å²) in [6.45, 7) is 5.61. The summed E-state index contributed by atoms with van der Waals surface area (Å²) in [6.07, 6.45) is 1.07. The number of carbonyl (C=O) groups is 1. The van der Waals surface area contributed by atoms with Gasteiger partial charge in [-0.2, -0.15) is 0 Å². The Morgan fingerprint density at radius 2 is 1.59 bits per heavy atom. The van der Waals surface area contributed by atoms with Gasteiger partial charge in [-0.15, -0.1) is 0 Å². The molecule has 0 aliphatic heterocycles. The van der Waals surface area contributed by atoms with E-state index in [4.69, 9.17) is 9.47 Å². The smallest absolute Gasteiger partial charge is 0.243 e. The predicted octanol–water partition coefficient (Wildman–Crippen LogP) is 2.74. The quantitative estimate of drug-likeness (QED) is 0.674. The molecule has 0 saturated carbocycles. The van der Waals surface area contributed by atoms with Gasteiger partial charge in [-0.1, -0.05) is 17.7 Å². The van der Waals surface area contributed by atoms with Gasteiger partial charge in [-0.05, 0) is 57.2 Å². The van der Waals surface area contributed by atoms with Gasteiger partial charge in [0.15, 0.2) is 0 Å². The Labute approximate surface area is 172 Å². The Morgan fingerprint density at radius 3 is 2.10 bits per heavy atom. The Kier molecular flexibility index (Phi) is 7.50. The number of anilines is 1. The predicted molar refractivity (Wildman–Crippen MR) is 114 cm³/mol. The Hall–Kier alpha value is -2.74. The Morgan fingerprint density at radius 1 is 1.03 bits per heavy atom. The van der Waals surface area contributed by atoms with Crippen molar-refractivity contribution in [2.75, 3.05) is 24.3 Å². The van der Waals surface area contributed by atoms with Crippen molar-refractivity contribution < 1.29 is 22.7 Å². The van der Waals surface area contributed by atoms with Crippen molar-refractivity contribution in [3.05, 3.63) is 54.1 Å². The van der Waals surface area contributed by atoms with E-state index in [0.717, 1.165) is 16.1 Å². The summed E-state index contributed by atoms with van der Waals surface area (Å²) in [5.74, 6) is 0.896. The van der Waals surface area contributed by atoms with Crippen molar-refractivity contribution in [1.29, 1.82) is 0 Å². The van der Waals surface area contributed by atoms with Crippen LogP contribution in [0.2, 0.25) is 0 Å². The second-order valence-corrected chi connectivity index (χ2v) is 8.83. The molecule has 0 heterocycles. The minimum atomic E-state index is -3.68. The van der Waals surface area contributed by atoms with Crippen LogP contribution in [-0.4, -0.2) is 46.4 Å². The third-order valence-electron chi connectivity index (χ3n) is 4.33. The lowest BCUT2D eigenvalue weighted by molar-refractivity contribution is -0.122. The van der Waals surface area contributed by atoms with Crippen LogP contribution in [0.25, 0.3) is 0 Å². The number of aryl methyl sites for hydroxylation is 1. The van der Waals surface area contributed by atoms with E-state index in [0.29, 0.717) is 17.2 Å². The maximum Gasteiger partial charge on any atom is 0.243 e. The number of rotatable bonds is 9. The zero-order valence-corrected chi connectivity index (χ0v) is 18.2. The zero-order chi connectivity index (χ0) is 21.6. The normalized spacial score (nSPS) is 13.3. The van der Waals surface area contributed by atoms with Gasteiger partial charge in [0.05, 0.1) is 25.1 Å². The molecule has 7 nitrogen and oxygen atoms in total. The summed E-state index contributed by atoms with van der Waals surface area (Å²) in [5.41, 5.74) is 1.52. The van der Waals surface area contributed by atoms with E-state index >= 15 is 0 Å². The van der Waals surface area contributed by atoms with Gasteiger partial charge in [0.25, 0.3) is 0 Å². The minimum absolute atomic E-state index is 0.267. The first-order valence-electron chi connectivity index (χ1n) is 9.25. The Bertz CT molecular complexity index is 911. The number of hydrogen-bond acceptors (Lipinski definition) is 5. The van der Waals surface area contributed by atoms with Crippen LogP contribution >= 0.6 is 0 Å². The topological polar surface area (TPSA) is 84.9 Å². The Balaban J connectivity index is 2.04. The summed E-state index contributed by atoms with van der Waals surface area (Å²) in [6, 6.07) is 12.9. The van der Waals surface area contributed by atoms with Crippen LogP contribution in [0.15, 0.2) is 48.5 Å². The molecule has 0 aliphatic carbocycles. The molecule has 0 unspecified atom stereocenters. The number of hydrogen-bond donors (Lipinski definition) is 1. The monoisotopic (exact) mass is 420 g/mol. The number of methoxy groups -OCH3 is 1. The van der Waals surface area contributed by atoms with Gasteiger partial charge in [-0.3, -0.25) is 9.10 Å². The highest BCUT2D eigenvalue weighted by Gasteiger charge is 2.29. The molecule has 0 radical (unpaired) electrons.